The summed E-state index contributed by atoms with van der Waals surface area (Å²) in [4.78, 5) is 16.7. The highest BCUT2D eigenvalue weighted by Gasteiger charge is 2.14. The Morgan fingerprint density at radius 2 is 1.97 bits per heavy atom. The van der Waals surface area contributed by atoms with Crippen LogP contribution in [0.15, 0.2) is 47.0 Å². The van der Waals surface area contributed by atoms with Crippen molar-refractivity contribution in [1.82, 2.24) is 30.3 Å². The van der Waals surface area contributed by atoms with Gasteiger partial charge in [0.2, 0.25) is 17.6 Å². The molecule has 10 heteroatoms. The molecule has 0 radical (unpaired) electrons. The van der Waals surface area contributed by atoms with Crippen molar-refractivity contribution in [1.29, 1.82) is 0 Å². The van der Waals surface area contributed by atoms with Crippen molar-refractivity contribution in [2.45, 2.75) is 39.5 Å². The number of rotatable bonds is 7. The zero-order chi connectivity index (χ0) is 22.7. The number of hydrogen-bond donors (Lipinski definition) is 1. The van der Waals surface area contributed by atoms with Crippen LogP contribution in [-0.2, 0) is 11.2 Å². The molecule has 4 aromatic rings. The summed E-state index contributed by atoms with van der Waals surface area (Å²) in [5.41, 5.74) is 2.66. The highest BCUT2D eigenvalue weighted by molar-refractivity contribution is 5.91. The fourth-order valence-electron chi connectivity index (χ4n) is 3.14. The van der Waals surface area contributed by atoms with Crippen LogP contribution in [0.3, 0.4) is 0 Å². The molecule has 1 amide bonds. The maximum Gasteiger partial charge on any atom is 0.227 e. The number of benzene rings is 2. The summed E-state index contributed by atoms with van der Waals surface area (Å²) in [6.45, 7) is 5.92. The van der Waals surface area contributed by atoms with E-state index in [2.05, 4.69) is 44.8 Å². The van der Waals surface area contributed by atoms with Gasteiger partial charge in [0.1, 0.15) is 11.5 Å². The van der Waals surface area contributed by atoms with Crippen LogP contribution in [0, 0.1) is 12.7 Å². The van der Waals surface area contributed by atoms with Crippen molar-refractivity contribution in [2.75, 3.05) is 5.32 Å². The van der Waals surface area contributed by atoms with E-state index < -0.39 is 5.82 Å². The van der Waals surface area contributed by atoms with Crippen molar-refractivity contribution in [2.24, 2.45) is 0 Å². The fraction of sp³-hybridized carbons (Fsp3) is 0.273. The molecular formula is C22H22FN7O2. The number of carbonyl (C=O) groups excluding carboxylic acids is 1. The highest BCUT2D eigenvalue weighted by Crippen LogP contribution is 2.21. The Kier molecular flexibility index (Phi) is 6.02. The van der Waals surface area contributed by atoms with E-state index in [4.69, 9.17) is 4.52 Å². The fourth-order valence-corrected chi connectivity index (χ4v) is 3.14. The zero-order valence-corrected chi connectivity index (χ0v) is 17.9. The van der Waals surface area contributed by atoms with E-state index in [9.17, 15) is 9.18 Å². The lowest BCUT2D eigenvalue weighted by Gasteiger charge is -2.08. The molecule has 0 saturated carbocycles. The van der Waals surface area contributed by atoms with Crippen LogP contribution in [0.5, 0.6) is 0 Å². The van der Waals surface area contributed by atoms with E-state index >= 15 is 0 Å². The Morgan fingerprint density at radius 3 is 2.66 bits per heavy atom. The predicted octanol–water partition coefficient (Wildman–Crippen LogP) is 3.85. The second kappa shape index (κ2) is 9.04. The maximum atomic E-state index is 14.2. The largest absolute Gasteiger partial charge is 0.339 e. The lowest BCUT2D eigenvalue weighted by atomic mass is 10.0. The van der Waals surface area contributed by atoms with Crippen molar-refractivity contribution >= 4 is 11.6 Å². The van der Waals surface area contributed by atoms with Gasteiger partial charge in [0.05, 0.1) is 0 Å². The molecule has 0 saturated heterocycles. The van der Waals surface area contributed by atoms with Gasteiger partial charge < -0.3 is 9.84 Å². The number of nitrogens with zero attached hydrogens (tertiary/aromatic N) is 6. The van der Waals surface area contributed by atoms with Crippen LogP contribution in [-0.4, -0.2) is 36.3 Å². The van der Waals surface area contributed by atoms with Gasteiger partial charge >= 0.3 is 0 Å². The summed E-state index contributed by atoms with van der Waals surface area (Å²) < 4.78 is 20.7. The third kappa shape index (κ3) is 4.69. The molecule has 0 atom stereocenters. The molecule has 1 N–H and O–H groups in total. The quantitative estimate of drug-likeness (QED) is 0.469. The summed E-state index contributed by atoms with van der Waals surface area (Å²) in [6, 6.07) is 12.2. The third-order valence-electron chi connectivity index (χ3n) is 4.95. The van der Waals surface area contributed by atoms with Crippen LogP contribution >= 0.6 is 0 Å². The van der Waals surface area contributed by atoms with E-state index in [1.165, 1.54) is 28.4 Å². The van der Waals surface area contributed by atoms with Gasteiger partial charge in [-0.25, -0.2) is 4.39 Å². The smallest absolute Gasteiger partial charge is 0.227 e. The number of amides is 1. The van der Waals surface area contributed by atoms with E-state index in [-0.39, 0.29) is 24.4 Å². The number of anilines is 1. The predicted molar refractivity (Wildman–Crippen MR) is 115 cm³/mol. The summed E-state index contributed by atoms with van der Waals surface area (Å²) in [6.07, 6.45) is 0.410. The van der Waals surface area contributed by atoms with Crippen molar-refractivity contribution in [3.05, 3.63) is 65.6 Å². The average Bonchev–Trinajstić information content (AvgIpc) is 3.43. The first-order chi connectivity index (χ1) is 15.4. The van der Waals surface area contributed by atoms with Crippen molar-refractivity contribution < 1.29 is 13.7 Å². The molecule has 4 rings (SSSR count). The van der Waals surface area contributed by atoms with Gasteiger partial charge in [-0.3, -0.25) is 4.79 Å². The Balaban J connectivity index is 1.37. The molecule has 164 valence electrons. The van der Waals surface area contributed by atoms with E-state index in [1.54, 1.807) is 6.92 Å². The summed E-state index contributed by atoms with van der Waals surface area (Å²) in [5, 5.41) is 17.8. The number of tetrazole rings is 1. The number of carbonyl (C=O) groups is 1. The molecule has 0 aliphatic rings. The summed E-state index contributed by atoms with van der Waals surface area (Å²) in [5.74, 6) is 0.953. The van der Waals surface area contributed by atoms with E-state index in [1.807, 2.05) is 24.3 Å². The Labute approximate surface area is 183 Å². The molecule has 2 aromatic heterocycles. The van der Waals surface area contributed by atoms with Crippen LogP contribution in [0.2, 0.25) is 0 Å². The highest BCUT2D eigenvalue weighted by atomic mass is 19.1. The van der Waals surface area contributed by atoms with Crippen LogP contribution in [0.25, 0.3) is 17.1 Å². The zero-order valence-electron chi connectivity index (χ0n) is 17.9. The molecular weight excluding hydrogens is 413 g/mol. The molecule has 9 nitrogen and oxygen atoms in total. The topological polar surface area (TPSA) is 112 Å². The van der Waals surface area contributed by atoms with Gasteiger partial charge in [-0.15, -0.1) is 5.10 Å². The standard InChI is InChI=1S/C22H22FN7O2/c1-13(2)15-4-6-16(7-5-15)22-25-21(32-27-22)11-10-20(31)24-17-8-9-18(23)19(12-17)30-14(3)26-28-29-30/h4-9,12-13H,10-11H2,1-3H3,(H,24,31). The monoisotopic (exact) mass is 435 g/mol. The van der Waals surface area contributed by atoms with Crippen molar-refractivity contribution in [3.63, 3.8) is 0 Å². The number of aromatic nitrogens is 6. The molecule has 0 unspecified atom stereocenters. The molecule has 0 aliphatic carbocycles. The lowest BCUT2D eigenvalue weighted by molar-refractivity contribution is -0.116. The first kappa shape index (κ1) is 21.3. The first-order valence-electron chi connectivity index (χ1n) is 10.2. The van der Waals surface area contributed by atoms with E-state index in [0.717, 1.165) is 5.56 Å². The van der Waals surface area contributed by atoms with Gasteiger partial charge in [-0.1, -0.05) is 43.3 Å². The second-order valence-electron chi connectivity index (χ2n) is 7.64. The minimum Gasteiger partial charge on any atom is -0.339 e. The molecule has 32 heavy (non-hydrogen) atoms. The lowest BCUT2D eigenvalue weighted by Crippen LogP contribution is -2.13. The van der Waals surface area contributed by atoms with Crippen LogP contribution in [0.4, 0.5) is 10.1 Å². The van der Waals surface area contributed by atoms with Gasteiger partial charge in [-0.2, -0.15) is 9.67 Å². The minimum absolute atomic E-state index is 0.130. The Morgan fingerprint density at radius 1 is 1.19 bits per heavy atom. The summed E-state index contributed by atoms with van der Waals surface area (Å²) >= 11 is 0. The molecule has 2 aromatic carbocycles. The summed E-state index contributed by atoms with van der Waals surface area (Å²) in [7, 11) is 0. The van der Waals surface area contributed by atoms with Crippen LogP contribution in [0.1, 0.15) is 43.5 Å². The molecule has 0 fully saturated rings. The average molecular weight is 435 g/mol. The molecule has 0 spiro atoms. The van der Waals surface area contributed by atoms with E-state index in [0.29, 0.717) is 29.1 Å². The van der Waals surface area contributed by atoms with Gasteiger partial charge in [0.25, 0.3) is 0 Å². The number of nitrogens with one attached hydrogen (secondary N) is 1. The van der Waals surface area contributed by atoms with Gasteiger partial charge in [0.15, 0.2) is 5.82 Å². The van der Waals surface area contributed by atoms with Crippen molar-refractivity contribution in [3.8, 4) is 17.1 Å². The molecule has 0 aliphatic heterocycles. The Hall–Kier alpha value is -3.95. The van der Waals surface area contributed by atoms with Gasteiger partial charge in [-0.05, 0) is 47.0 Å². The maximum absolute atomic E-state index is 14.2. The second-order valence-corrected chi connectivity index (χ2v) is 7.64. The molecule has 2 heterocycles. The number of hydrogen-bond acceptors (Lipinski definition) is 7. The van der Waals surface area contributed by atoms with Gasteiger partial charge in [0, 0.05) is 24.1 Å². The first-order valence-corrected chi connectivity index (χ1v) is 10.2. The third-order valence-corrected chi connectivity index (χ3v) is 4.95. The normalized spacial score (nSPS) is 11.2. The number of halogens is 1. The SMILES string of the molecule is Cc1nnnn1-c1cc(NC(=O)CCc2nc(-c3ccc(C(C)C)cc3)no2)ccc1F. The van der Waals surface area contributed by atoms with Crippen LogP contribution < -0.4 is 5.32 Å². The Bertz CT molecular complexity index is 1230. The minimum atomic E-state index is -0.502. The molecule has 0 bridgehead atoms. The number of aryl methyl sites for hydroxylation is 2.